The monoisotopic (exact) mass is 299 g/mol. The van der Waals surface area contributed by atoms with Crippen molar-refractivity contribution in [3.8, 4) is 5.75 Å². The van der Waals surface area contributed by atoms with E-state index in [1.54, 1.807) is 12.1 Å². The van der Waals surface area contributed by atoms with Crippen molar-refractivity contribution in [3.63, 3.8) is 0 Å². The Bertz CT molecular complexity index is 550. The Labute approximate surface area is 120 Å². The summed E-state index contributed by atoms with van der Waals surface area (Å²) in [6.45, 7) is 4.26. The fraction of sp³-hybridized carbons (Fsp3) is 0.571. The first kappa shape index (κ1) is 15.3. The molecule has 0 spiro atoms. The smallest absolute Gasteiger partial charge is 0.262 e. The first-order chi connectivity index (χ1) is 9.53. The van der Waals surface area contributed by atoms with E-state index < -0.39 is 10.0 Å². The van der Waals surface area contributed by atoms with Crippen molar-refractivity contribution in [1.29, 1.82) is 0 Å². The largest absolute Gasteiger partial charge is 0.494 e. The van der Waals surface area contributed by atoms with E-state index in [1.165, 1.54) is 6.07 Å². The van der Waals surface area contributed by atoms with E-state index >= 15 is 0 Å². The molecule has 1 aliphatic rings. The molecule has 0 aliphatic heterocycles. The van der Waals surface area contributed by atoms with Gasteiger partial charge in [0, 0.05) is 0 Å². The molecule has 0 saturated heterocycles. The Morgan fingerprint density at radius 3 is 2.60 bits per heavy atom. The Balaban J connectivity index is 2.06. The van der Waals surface area contributed by atoms with Crippen LogP contribution < -0.4 is 9.62 Å². The van der Waals surface area contributed by atoms with Gasteiger partial charge in [-0.15, -0.1) is 0 Å². The molecule has 1 saturated carbocycles. The van der Waals surface area contributed by atoms with E-state index in [0.29, 0.717) is 12.4 Å². The minimum atomic E-state index is -3.63. The van der Waals surface area contributed by atoms with Crippen LogP contribution in [0.2, 0.25) is 0 Å². The second kappa shape index (κ2) is 6.56. The van der Waals surface area contributed by atoms with Crippen LogP contribution in [0.5, 0.6) is 5.75 Å². The number of hydrogen-bond donors (Lipinski definition) is 1. The number of sulfonamides is 1. The van der Waals surface area contributed by atoms with Crippen LogP contribution in [0.15, 0.2) is 23.1 Å². The quantitative estimate of drug-likeness (QED) is 0.820. The zero-order valence-electron chi connectivity index (χ0n) is 11.9. The van der Waals surface area contributed by atoms with Gasteiger partial charge in [-0.1, -0.05) is 17.7 Å². The topological polar surface area (TPSA) is 64.6 Å². The zero-order chi connectivity index (χ0) is 14.6. The Morgan fingerprint density at radius 2 is 2.00 bits per heavy atom. The van der Waals surface area contributed by atoms with Gasteiger partial charge < -0.3 is 4.74 Å². The van der Waals surface area contributed by atoms with Gasteiger partial charge in [-0.2, -0.15) is 0 Å². The fourth-order valence-corrected chi connectivity index (χ4v) is 3.23. The highest BCUT2D eigenvalue weighted by Gasteiger charge is 2.21. The molecule has 1 aromatic carbocycles. The molecule has 1 N–H and O–H groups in total. The highest BCUT2D eigenvalue weighted by atomic mass is 32.2. The van der Waals surface area contributed by atoms with Crippen LogP contribution in [0, 0.1) is 6.92 Å². The normalized spacial score (nSPS) is 16.5. The average molecular weight is 299 g/mol. The van der Waals surface area contributed by atoms with Gasteiger partial charge in [-0.25, -0.2) is 8.42 Å². The number of rotatable bonds is 6. The van der Waals surface area contributed by atoms with E-state index in [0.717, 1.165) is 31.2 Å². The van der Waals surface area contributed by atoms with E-state index in [-0.39, 0.29) is 11.0 Å². The van der Waals surface area contributed by atoms with Gasteiger partial charge in [0.15, 0.2) is 0 Å². The molecule has 20 heavy (non-hydrogen) atoms. The molecule has 0 amide bonds. The molecule has 0 unspecified atom stereocenters. The molecule has 1 aliphatic carbocycles. The average Bonchev–Trinajstić information content (AvgIpc) is 2.92. The maximum Gasteiger partial charge on any atom is 0.262 e. The van der Waals surface area contributed by atoms with E-state index in [9.17, 15) is 8.42 Å². The summed E-state index contributed by atoms with van der Waals surface area (Å²) < 4.78 is 29.7. The number of ether oxygens (including phenoxy) is 1. The molecule has 0 bridgehead atoms. The van der Waals surface area contributed by atoms with Crippen LogP contribution in [-0.4, -0.2) is 21.1 Å². The molecule has 5 nitrogen and oxygen atoms in total. The first-order valence-electron chi connectivity index (χ1n) is 6.94. The SMILES string of the molecule is CCOc1ccc(S(=O)(=O)NOC2CCCC2)cc1C. The molecule has 2 rings (SSSR count). The van der Waals surface area contributed by atoms with Crippen molar-refractivity contribution in [1.82, 2.24) is 4.89 Å². The van der Waals surface area contributed by atoms with E-state index in [4.69, 9.17) is 9.57 Å². The number of nitrogens with one attached hydrogen (secondary N) is 1. The summed E-state index contributed by atoms with van der Waals surface area (Å²) in [4.78, 5) is 7.69. The minimum absolute atomic E-state index is 0.00595. The lowest BCUT2D eigenvalue weighted by Gasteiger charge is -2.13. The summed E-state index contributed by atoms with van der Waals surface area (Å²) in [7, 11) is -3.63. The Kier molecular flexibility index (Phi) is 5.01. The van der Waals surface area contributed by atoms with Gasteiger partial charge in [0.1, 0.15) is 5.75 Å². The second-order valence-electron chi connectivity index (χ2n) is 4.97. The Hall–Kier alpha value is -1.11. The van der Waals surface area contributed by atoms with Crippen LogP contribution in [0.3, 0.4) is 0 Å². The van der Waals surface area contributed by atoms with Gasteiger partial charge in [-0.3, -0.25) is 4.84 Å². The molecule has 0 radical (unpaired) electrons. The lowest BCUT2D eigenvalue weighted by molar-refractivity contribution is 0.0223. The molecule has 1 fully saturated rings. The van der Waals surface area contributed by atoms with Crippen molar-refractivity contribution in [3.05, 3.63) is 23.8 Å². The van der Waals surface area contributed by atoms with Crippen LogP contribution >= 0.6 is 0 Å². The number of benzene rings is 1. The van der Waals surface area contributed by atoms with Crippen molar-refractivity contribution in [2.24, 2.45) is 0 Å². The van der Waals surface area contributed by atoms with Crippen LogP contribution in [-0.2, 0) is 14.9 Å². The minimum Gasteiger partial charge on any atom is -0.494 e. The van der Waals surface area contributed by atoms with Gasteiger partial charge in [0.05, 0.1) is 17.6 Å². The molecule has 1 aromatic rings. The van der Waals surface area contributed by atoms with Gasteiger partial charge in [0.2, 0.25) is 0 Å². The summed E-state index contributed by atoms with van der Waals surface area (Å²) >= 11 is 0. The molecule has 6 heteroatoms. The summed E-state index contributed by atoms with van der Waals surface area (Å²) in [5.41, 5.74) is 0.788. The maximum atomic E-state index is 12.1. The van der Waals surface area contributed by atoms with E-state index in [1.807, 2.05) is 13.8 Å². The summed E-state index contributed by atoms with van der Waals surface area (Å²) in [6, 6.07) is 4.78. The maximum absolute atomic E-state index is 12.1. The molecule has 0 atom stereocenters. The molecule has 0 aromatic heterocycles. The lowest BCUT2D eigenvalue weighted by atomic mass is 10.2. The Morgan fingerprint density at radius 1 is 1.30 bits per heavy atom. The van der Waals surface area contributed by atoms with Crippen molar-refractivity contribution >= 4 is 10.0 Å². The summed E-state index contributed by atoms with van der Waals surface area (Å²) in [5, 5.41) is 0. The molecule has 0 heterocycles. The number of hydrogen-bond acceptors (Lipinski definition) is 4. The second-order valence-corrected chi connectivity index (χ2v) is 6.62. The number of aryl methyl sites for hydroxylation is 1. The fourth-order valence-electron chi connectivity index (χ4n) is 2.29. The van der Waals surface area contributed by atoms with E-state index in [2.05, 4.69) is 4.89 Å². The zero-order valence-corrected chi connectivity index (χ0v) is 12.7. The molecule has 112 valence electrons. The third-order valence-electron chi connectivity index (χ3n) is 3.38. The third-order valence-corrected chi connectivity index (χ3v) is 4.57. The van der Waals surface area contributed by atoms with Crippen molar-refractivity contribution in [2.75, 3.05) is 6.61 Å². The van der Waals surface area contributed by atoms with Gasteiger partial charge in [-0.05, 0) is 50.5 Å². The lowest BCUT2D eigenvalue weighted by Crippen LogP contribution is -2.28. The van der Waals surface area contributed by atoms with Crippen molar-refractivity contribution < 1.29 is 18.0 Å². The van der Waals surface area contributed by atoms with Crippen LogP contribution in [0.4, 0.5) is 0 Å². The third kappa shape index (κ3) is 3.71. The van der Waals surface area contributed by atoms with Crippen LogP contribution in [0.1, 0.15) is 38.2 Å². The molecular weight excluding hydrogens is 278 g/mol. The van der Waals surface area contributed by atoms with Gasteiger partial charge in [0.25, 0.3) is 10.0 Å². The van der Waals surface area contributed by atoms with Gasteiger partial charge >= 0.3 is 0 Å². The highest BCUT2D eigenvalue weighted by Crippen LogP contribution is 2.23. The summed E-state index contributed by atoms with van der Waals surface area (Å²) in [6.07, 6.45) is 3.99. The van der Waals surface area contributed by atoms with Crippen molar-refractivity contribution in [2.45, 2.75) is 50.5 Å². The predicted octanol–water partition coefficient (Wildman–Crippen LogP) is 2.55. The predicted molar refractivity (Wildman–Crippen MR) is 76.0 cm³/mol. The summed E-state index contributed by atoms with van der Waals surface area (Å²) in [5.74, 6) is 0.697. The molecular formula is C14H21NO4S. The highest BCUT2D eigenvalue weighted by molar-refractivity contribution is 7.89. The standard InChI is InChI=1S/C14H21NO4S/c1-3-18-14-9-8-13(10-11(14)2)20(16,17)15-19-12-6-4-5-7-12/h8-10,12,15H,3-7H2,1-2H3. The van der Waals surface area contributed by atoms with Crippen LogP contribution in [0.25, 0.3) is 0 Å². The first-order valence-corrected chi connectivity index (χ1v) is 8.42.